The lowest BCUT2D eigenvalue weighted by Gasteiger charge is -2.10. The van der Waals surface area contributed by atoms with Crippen LogP contribution in [-0.4, -0.2) is 15.0 Å². The summed E-state index contributed by atoms with van der Waals surface area (Å²) in [4.78, 5) is -0.180. The van der Waals surface area contributed by atoms with Crippen LogP contribution in [0.5, 0.6) is 0 Å². The highest BCUT2D eigenvalue weighted by Crippen LogP contribution is 2.25. The Balaban J connectivity index is 2.10. The summed E-state index contributed by atoms with van der Waals surface area (Å²) < 4.78 is 39.6. The number of halogens is 4. The Hall–Kier alpha value is -0.850. The van der Waals surface area contributed by atoms with Gasteiger partial charge in [0.2, 0.25) is 10.0 Å². The number of sulfonamides is 1. The Kier molecular flexibility index (Phi) is 5.69. The van der Waals surface area contributed by atoms with Gasteiger partial charge in [-0.15, -0.1) is 0 Å². The molecule has 0 atom stereocenters. The van der Waals surface area contributed by atoms with Crippen molar-refractivity contribution < 1.29 is 12.8 Å². The Morgan fingerprint density at radius 2 is 1.64 bits per heavy atom. The van der Waals surface area contributed by atoms with E-state index in [4.69, 9.17) is 34.8 Å². The summed E-state index contributed by atoms with van der Waals surface area (Å²) in [6, 6.07) is 8.15. The molecule has 22 heavy (non-hydrogen) atoms. The highest BCUT2D eigenvalue weighted by Gasteiger charge is 2.18. The topological polar surface area (TPSA) is 46.2 Å². The number of benzene rings is 2. The summed E-state index contributed by atoms with van der Waals surface area (Å²) in [7, 11) is -3.84. The second-order valence-corrected chi connectivity index (χ2v) is 7.38. The molecular formula is C14H11Cl3FNO2S. The van der Waals surface area contributed by atoms with E-state index in [2.05, 4.69) is 4.72 Å². The third kappa shape index (κ3) is 4.12. The zero-order chi connectivity index (χ0) is 16.3. The van der Waals surface area contributed by atoms with Gasteiger partial charge in [0.1, 0.15) is 10.7 Å². The van der Waals surface area contributed by atoms with E-state index < -0.39 is 15.8 Å². The van der Waals surface area contributed by atoms with Crippen molar-refractivity contribution in [2.45, 2.75) is 11.3 Å². The molecule has 0 saturated heterocycles. The van der Waals surface area contributed by atoms with E-state index in [1.165, 1.54) is 0 Å². The zero-order valence-electron chi connectivity index (χ0n) is 11.1. The Morgan fingerprint density at radius 1 is 1.00 bits per heavy atom. The van der Waals surface area contributed by atoms with Gasteiger partial charge in [0, 0.05) is 16.6 Å². The fourth-order valence-electron chi connectivity index (χ4n) is 1.85. The van der Waals surface area contributed by atoms with Gasteiger partial charge >= 0.3 is 0 Å². The van der Waals surface area contributed by atoms with Gasteiger partial charge in [-0.1, -0.05) is 40.9 Å². The van der Waals surface area contributed by atoms with Crippen LogP contribution in [0.25, 0.3) is 0 Å². The van der Waals surface area contributed by atoms with Crippen LogP contribution in [0.15, 0.2) is 41.3 Å². The second-order valence-electron chi connectivity index (χ2n) is 4.42. The zero-order valence-corrected chi connectivity index (χ0v) is 14.2. The lowest BCUT2D eigenvalue weighted by atomic mass is 10.1. The molecule has 0 bridgehead atoms. The second kappa shape index (κ2) is 7.15. The smallest absolute Gasteiger partial charge is 0.211 e. The lowest BCUT2D eigenvalue weighted by molar-refractivity contribution is 0.581. The molecule has 2 rings (SSSR count). The molecule has 1 N–H and O–H groups in total. The van der Waals surface area contributed by atoms with Gasteiger partial charge in [0.15, 0.2) is 0 Å². The standard InChI is InChI=1S/C14H11Cl3FNO2S/c15-11-2-1-3-12(16)10(11)6-7-19-22(20,21)14-5-4-9(18)8-13(14)17/h1-5,8,19H,6-7H2. The molecule has 0 radical (unpaired) electrons. The van der Waals surface area contributed by atoms with E-state index in [9.17, 15) is 12.8 Å². The summed E-state index contributed by atoms with van der Waals surface area (Å²) >= 11 is 17.8. The van der Waals surface area contributed by atoms with E-state index in [0.717, 1.165) is 18.2 Å². The van der Waals surface area contributed by atoms with E-state index in [1.807, 2.05) is 0 Å². The molecule has 0 spiro atoms. The molecule has 0 aliphatic heterocycles. The van der Waals surface area contributed by atoms with Crippen LogP contribution in [0.4, 0.5) is 4.39 Å². The summed E-state index contributed by atoms with van der Waals surface area (Å²) in [5.41, 5.74) is 0.652. The molecule has 0 aliphatic carbocycles. The normalized spacial score (nSPS) is 11.6. The first-order chi connectivity index (χ1) is 10.3. The predicted octanol–water partition coefficient (Wildman–Crippen LogP) is 4.31. The van der Waals surface area contributed by atoms with E-state index >= 15 is 0 Å². The number of rotatable bonds is 5. The van der Waals surface area contributed by atoms with Crippen LogP contribution in [0, 0.1) is 5.82 Å². The van der Waals surface area contributed by atoms with Crippen molar-refractivity contribution in [3.63, 3.8) is 0 Å². The third-order valence-corrected chi connectivity index (χ3v) is 5.56. The van der Waals surface area contributed by atoms with Crippen molar-refractivity contribution in [2.24, 2.45) is 0 Å². The summed E-state index contributed by atoms with van der Waals surface area (Å²) in [5, 5.41) is 0.751. The minimum absolute atomic E-state index is 0.0828. The molecule has 3 nitrogen and oxygen atoms in total. The molecule has 0 unspecified atom stereocenters. The predicted molar refractivity (Wildman–Crippen MR) is 86.8 cm³/mol. The summed E-state index contributed by atoms with van der Waals surface area (Å²) in [6.07, 6.45) is 0.316. The maximum absolute atomic E-state index is 13.0. The van der Waals surface area contributed by atoms with Gasteiger partial charge in [0.05, 0.1) is 5.02 Å². The van der Waals surface area contributed by atoms with Gasteiger partial charge in [-0.05, 0) is 42.3 Å². The summed E-state index contributed by atoms with van der Waals surface area (Å²) in [6.45, 7) is 0.0828. The van der Waals surface area contributed by atoms with Gasteiger partial charge < -0.3 is 0 Å². The van der Waals surface area contributed by atoms with Crippen LogP contribution in [-0.2, 0) is 16.4 Å². The van der Waals surface area contributed by atoms with Gasteiger partial charge in [-0.3, -0.25) is 0 Å². The number of nitrogens with one attached hydrogen (secondary N) is 1. The maximum atomic E-state index is 13.0. The van der Waals surface area contributed by atoms with E-state index in [-0.39, 0.29) is 16.5 Å². The van der Waals surface area contributed by atoms with Crippen molar-refractivity contribution in [3.05, 3.63) is 62.8 Å². The molecule has 0 heterocycles. The Morgan fingerprint density at radius 3 is 2.23 bits per heavy atom. The average molecular weight is 383 g/mol. The monoisotopic (exact) mass is 381 g/mol. The van der Waals surface area contributed by atoms with Crippen LogP contribution < -0.4 is 4.72 Å². The summed E-state index contributed by atoms with van der Waals surface area (Å²) in [5.74, 6) is -0.605. The van der Waals surface area contributed by atoms with Crippen LogP contribution in [0.2, 0.25) is 15.1 Å². The molecular weight excluding hydrogens is 372 g/mol. The number of hydrogen-bond donors (Lipinski definition) is 1. The van der Waals surface area contributed by atoms with Crippen LogP contribution in [0.1, 0.15) is 5.56 Å². The Bertz CT molecular complexity index is 776. The van der Waals surface area contributed by atoms with Crippen LogP contribution in [0.3, 0.4) is 0 Å². The van der Waals surface area contributed by atoms with Crippen molar-refractivity contribution in [1.82, 2.24) is 4.72 Å². The average Bonchev–Trinajstić information content (AvgIpc) is 2.41. The Labute approximate surface area is 143 Å². The van der Waals surface area contributed by atoms with Crippen molar-refractivity contribution in [3.8, 4) is 0 Å². The first-order valence-electron chi connectivity index (χ1n) is 6.19. The van der Waals surface area contributed by atoms with E-state index in [0.29, 0.717) is 22.0 Å². The van der Waals surface area contributed by atoms with Crippen molar-refractivity contribution >= 4 is 44.8 Å². The molecule has 0 amide bonds. The SMILES string of the molecule is O=S(=O)(NCCc1c(Cl)cccc1Cl)c1ccc(F)cc1Cl. The van der Waals surface area contributed by atoms with Crippen molar-refractivity contribution in [1.29, 1.82) is 0 Å². The molecule has 118 valence electrons. The number of hydrogen-bond acceptors (Lipinski definition) is 2. The van der Waals surface area contributed by atoms with Gasteiger partial charge in [-0.2, -0.15) is 0 Å². The molecule has 2 aromatic rings. The first kappa shape index (κ1) is 17.5. The molecule has 0 aromatic heterocycles. The lowest BCUT2D eigenvalue weighted by Crippen LogP contribution is -2.26. The highest BCUT2D eigenvalue weighted by molar-refractivity contribution is 7.89. The quantitative estimate of drug-likeness (QED) is 0.837. The molecule has 2 aromatic carbocycles. The third-order valence-electron chi connectivity index (χ3n) is 2.91. The molecule has 8 heteroatoms. The minimum Gasteiger partial charge on any atom is -0.211 e. The fraction of sp³-hybridized carbons (Fsp3) is 0.143. The highest BCUT2D eigenvalue weighted by atomic mass is 35.5. The van der Waals surface area contributed by atoms with Crippen molar-refractivity contribution in [2.75, 3.05) is 6.54 Å². The maximum Gasteiger partial charge on any atom is 0.242 e. The van der Waals surface area contributed by atoms with Gasteiger partial charge in [0.25, 0.3) is 0 Å². The molecule has 0 fully saturated rings. The van der Waals surface area contributed by atoms with Gasteiger partial charge in [-0.25, -0.2) is 17.5 Å². The molecule has 0 saturated carbocycles. The first-order valence-corrected chi connectivity index (χ1v) is 8.80. The van der Waals surface area contributed by atoms with E-state index in [1.54, 1.807) is 18.2 Å². The molecule has 0 aliphatic rings. The largest absolute Gasteiger partial charge is 0.242 e. The van der Waals surface area contributed by atoms with Crippen LogP contribution >= 0.6 is 34.8 Å². The minimum atomic E-state index is -3.84. The fourth-order valence-corrected chi connectivity index (χ4v) is 4.00.